The van der Waals surface area contributed by atoms with Gasteiger partial charge in [-0.05, 0) is 62.2 Å². The molecule has 1 heterocycles. The quantitative estimate of drug-likeness (QED) is 0.773. The van der Waals surface area contributed by atoms with Gasteiger partial charge in [0, 0.05) is 12.1 Å². The third kappa shape index (κ3) is 4.33. The van der Waals surface area contributed by atoms with Crippen LogP contribution in [0.3, 0.4) is 0 Å². The lowest BCUT2D eigenvalue weighted by atomic mass is 10.1. The number of carbonyl (C=O) groups excluding carboxylic acids is 2. The van der Waals surface area contributed by atoms with Gasteiger partial charge in [-0.25, -0.2) is 0 Å². The van der Waals surface area contributed by atoms with E-state index in [4.69, 9.17) is 14.2 Å². The van der Waals surface area contributed by atoms with Crippen molar-refractivity contribution in [1.82, 2.24) is 5.32 Å². The second-order valence-electron chi connectivity index (χ2n) is 6.07. The fraction of sp³-hybridized carbons (Fsp3) is 0.300. The number of hydrogen-bond donors (Lipinski definition) is 1. The van der Waals surface area contributed by atoms with E-state index in [0.717, 1.165) is 17.1 Å². The van der Waals surface area contributed by atoms with Crippen LogP contribution in [-0.2, 0) is 11.2 Å². The zero-order chi connectivity index (χ0) is 18.5. The summed E-state index contributed by atoms with van der Waals surface area (Å²) in [5.41, 5.74) is 1.67. The second-order valence-corrected chi connectivity index (χ2v) is 6.07. The van der Waals surface area contributed by atoms with Crippen molar-refractivity contribution < 1.29 is 23.8 Å². The summed E-state index contributed by atoms with van der Waals surface area (Å²) < 4.78 is 16.2. The minimum atomic E-state index is -0.630. The number of hydrogen-bond acceptors (Lipinski definition) is 5. The normalized spacial score (nSPS) is 13.2. The van der Waals surface area contributed by atoms with Gasteiger partial charge in [0.1, 0.15) is 5.75 Å². The first-order valence-corrected chi connectivity index (χ1v) is 8.47. The first-order chi connectivity index (χ1) is 12.5. The van der Waals surface area contributed by atoms with E-state index < -0.39 is 6.10 Å². The van der Waals surface area contributed by atoms with Gasteiger partial charge in [0.15, 0.2) is 23.4 Å². The van der Waals surface area contributed by atoms with Gasteiger partial charge in [0.2, 0.25) is 6.79 Å². The Morgan fingerprint density at radius 3 is 2.58 bits per heavy atom. The monoisotopic (exact) mass is 355 g/mol. The van der Waals surface area contributed by atoms with E-state index in [2.05, 4.69) is 5.32 Å². The number of benzene rings is 2. The SMILES string of the molecule is CC(=O)c1ccc(OC(C)C(=O)NCCc2ccc3c(c2)OCO3)cc1. The number of amides is 1. The van der Waals surface area contributed by atoms with Crippen LogP contribution in [0.15, 0.2) is 42.5 Å². The van der Waals surface area contributed by atoms with E-state index in [1.165, 1.54) is 6.92 Å². The maximum atomic E-state index is 12.2. The maximum absolute atomic E-state index is 12.2. The third-order valence-electron chi connectivity index (χ3n) is 4.09. The van der Waals surface area contributed by atoms with Crippen molar-refractivity contribution in [1.29, 1.82) is 0 Å². The lowest BCUT2D eigenvalue weighted by Crippen LogP contribution is -2.37. The predicted octanol–water partition coefficient (Wildman–Crippen LogP) is 2.74. The highest BCUT2D eigenvalue weighted by Crippen LogP contribution is 2.32. The molecule has 2 aromatic carbocycles. The molecule has 2 aromatic rings. The number of Topliss-reactive ketones (excluding diaryl/α,β-unsaturated/α-hetero) is 1. The zero-order valence-electron chi connectivity index (χ0n) is 14.8. The molecule has 3 rings (SSSR count). The summed E-state index contributed by atoms with van der Waals surface area (Å²) in [4.78, 5) is 23.4. The molecule has 0 fully saturated rings. The summed E-state index contributed by atoms with van der Waals surface area (Å²) in [7, 11) is 0. The number of ketones is 1. The first-order valence-electron chi connectivity index (χ1n) is 8.47. The molecule has 6 heteroatoms. The van der Waals surface area contributed by atoms with E-state index in [-0.39, 0.29) is 18.5 Å². The Morgan fingerprint density at radius 2 is 1.85 bits per heavy atom. The van der Waals surface area contributed by atoms with E-state index in [1.54, 1.807) is 31.2 Å². The summed E-state index contributed by atoms with van der Waals surface area (Å²) >= 11 is 0. The molecular weight excluding hydrogens is 334 g/mol. The molecule has 1 unspecified atom stereocenters. The summed E-state index contributed by atoms with van der Waals surface area (Å²) in [6.07, 6.45) is 0.0533. The summed E-state index contributed by atoms with van der Waals surface area (Å²) in [6, 6.07) is 12.5. The van der Waals surface area contributed by atoms with Crippen LogP contribution in [-0.4, -0.2) is 31.1 Å². The molecule has 1 aliphatic heterocycles. The van der Waals surface area contributed by atoms with Crippen LogP contribution in [0.2, 0.25) is 0 Å². The van der Waals surface area contributed by atoms with Crippen molar-refractivity contribution in [3.05, 3.63) is 53.6 Å². The van der Waals surface area contributed by atoms with Gasteiger partial charge >= 0.3 is 0 Å². The Morgan fingerprint density at radius 1 is 1.12 bits per heavy atom. The predicted molar refractivity (Wildman–Crippen MR) is 95.8 cm³/mol. The topological polar surface area (TPSA) is 73.9 Å². The summed E-state index contributed by atoms with van der Waals surface area (Å²) in [6.45, 7) is 3.94. The Balaban J connectivity index is 1.46. The number of carbonyl (C=O) groups is 2. The van der Waals surface area contributed by atoms with Crippen molar-refractivity contribution in [3.63, 3.8) is 0 Å². The van der Waals surface area contributed by atoms with Crippen LogP contribution >= 0.6 is 0 Å². The Labute approximate surface area is 152 Å². The van der Waals surface area contributed by atoms with Gasteiger partial charge < -0.3 is 19.5 Å². The first kappa shape index (κ1) is 17.8. The van der Waals surface area contributed by atoms with Crippen molar-refractivity contribution in [2.24, 2.45) is 0 Å². The molecule has 0 aromatic heterocycles. The number of rotatable bonds is 7. The molecule has 0 radical (unpaired) electrons. The molecule has 1 atom stereocenters. The lowest BCUT2D eigenvalue weighted by Gasteiger charge is -2.15. The fourth-order valence-electron chi connectivity index (χ4n) is 2.60. The van der Waals surface area contributed by atoms with Crippen molar-refractivity contribution in [3.8, 4) is 17.2 Å². The van der Waals surface area contributed by atoms with Gasteiger partial charge in [0.05, 0.1) is 0 Å². The van der Waals surface area contributed by atoms with Crippen LogP contribution in [0, 0.1) is 0 Å². The molecule has 26 heavy (non-hydrogen) atoms. The molecule has 0 spiro atoms. The molecule has 136 valence electrons. The minimum absolute atomic E-state index is 0.00846. The van der Waals surface area contributed by atoms with E-state index in [9.17, 15) is 9.59 Å². The molecule has 0 bridgehead atoms. The third-order valence-corrected chi connectivity index (χ3v) is 4.09. The molecule has 6 nitrogen and oxygen atoms in total. The largest absolute Gasteiger partial charge is 0.481 e. The summed E-state index contributed by atoms with van der Waals surface area (Å²) in [5.74, 6) is 1.83. The molecule has 0 aliphatic carbocycles. The number of nitrogens with one attached hydrogen (secondary N) is 1. The average molecular weight is 355 g/mol. The highest BCUT2D eigenvalue weighted by Gasteiger charge is 2.15. The molecular formula is C20H21NO5. The molecule has 1 amide bonds. The molecule has 0 saturated heterocycles. The van der Waals surface area contributed by atoms with Gasteiger partial charge in [-0.2, -0.15) is 0 Å². The van der Waals surface area contributed by atoms with Gasteiger partial charge in [-0.3, -0.25) is 9.59 Å². The van der Waals surface area contributed by atoms with Crippen LogP contribution in [0.25, 0.3) is 0 Å². The van der Waals surface area contributed by atoms with Crippen LogP contribution in [0.5, 0.6) is 17.2 Å². The molecule has 0 saturated carbocycles. The molecule has 1 N–H and O–H groups in total. The van der Waals surface area contributed by atoms with Gasteiger partial charge in [-0.1, -0.05) is 6.07 Å². The Hall–Kier alpha value is -3.02. The van der Waals surface area contributed by atoms with Crippen molar-refractivity contribution >= 4 is 11.7 Å². The maximum Gasteiger partial charge on any atom is 0.260 e. The highest BCUT2D eigenvalue weighted by atomic mass is 16.7. The highest BCUT2D eigenvalue weighted by molar-refractivity contribution is 5.94. The number of ether oxygens (including phenoxy) is 3. The lowest BCUT2D eigenvalue weighted by molar-refractivity contribution is -0.127. The Kier molecular flexibility index (Phi) is 5.41. The van der Waals surface area contributed by atoms with Crippen molar-refractivity contribution in [2.45, 2.75) is 26.4 Å². The van der Waals surface area contributed by atoms with E-state index in [1.807, 2.05) is 18.2 Å². The smallest absolute Gasteiger partial charge is 0.260 e. The van der Waals surface area contributed by atoms with Crippen LogP contribution in [0.1, 0.15) is 29.8 Å². The van der Waals surface area contributed by atoms with Gasteiger partial charge in [0.25, 0.3) is 5.91 Å². The van der Waals surface area contributed by atoms with Crippen molar-refractivity contribution in [2.75, 3.05) is 13.3 Å². The second kappa shape index (κ2) is 7.91. The standard InChI is InChI=1S/C20H21NO5/c1-13(22)16-4-6-17(7-5-16)26-14(2)20(23)21-10-9-15-3-8-18-19(11-15)25-12-24-18/h3-8,11,14H,9-10,12H2,1-2H3,(H,21,23). The fourth-order valence-corrected chi connectivity index (χ4v) is 2.60. The Bertz CT molecular complexity index is 800. The summed E-state index contributed by atoms with van der Waals surface area (Å²) in [5, 5.41) is 2.86. The van der Waals surface area contributed by atoms with Crippen LogP contribution < -0.4 is 19.5 Å². The van der Waals surface area contributed by atoms with Gasteiger partial charge in [-0.15, -0.1) is 0 Å². The zero-order valence-corrected chi connectivity index (χ0v) is 14.8. The van der Waals surface area contributed by atoms with E-state index >= 15 is 0 Å². The minimum Gasteiger partial charge on any atom is -0.481 e. The van der Waals surface area contributed by atoms with Crippen LogP contribution in [0.4, 0.5) is 0 Å². The average Bonchev–Trinajstić information content (AvgIpc) is 3.09. The van der Waals surface area contributed by atoms with E-state index in [0.29, 0.717) is 24.3 Å². The number of fused-ring (bicyclic) bond motifs is 1. The molecule has 1 aliphatic rings.